The molecule has 2 amide bonds. The molecule has 2 heterocycles. The van der Waals surface area contributed by atoms with Crippen LogP contribution in [0.3, 0.4) is 0 Å². The molecule has 0 aromatic heterocycles. The Bertz CT molecular complexity index is 1120. The van der Waals surface area contributed by atoms with Crippen LogP contribution in [0.15, 0.2) is 78.9 Å². The van der Waals surface area contributed by atoms with Gasteiger partial charge in [0.15, 0.2) is 6.10 Å². The van der Waals surface area contributed by atoms with Gasteiger partial charge in [-0.25, -0.2) is 9.96 Å². The van der Waals surface area contributed by atoms with E-state index in [1.54, 1.807) is 48.6 Å². The number of ether oxygens (including phenoxy) is 1. The van der Waals surface area contributed by atoms with E-state index < -0.39 is 18.1 Å². The summed E-state index contributed by atoms with van der Waals surface area (Å²) in [6.45, 7) is 0. The topological polar surface area (TPSA) is 59.1 Å². The summed E-state index contributed by atoms with van der Waals surface area (Å²) in [5.74, 6) is -0.689. The number of halogens is 1. The Hall–Kier alpha value is -3.35. The van der Waals surface area contributed by atoms with Crippen LogP contribution < -0.4 is 14.7 Å². The Labute approximate surface area is 184 Å². The predicted molar refractivity (Wildman–Crippen MR) is 117 cm³/mol. The maximum absolute atomic E-state index is 13.5. The second-order valence-corrected chi connectivity index (χ2v) is 7.86. The average Bonchev–Trinajstić information content (AvgIpc) is 3.31. The van der Waals surface area contributed by atoms with Crippen LogP contribution in [0.4, 0.5) is 11.4 Å². The quantitative estimate of drug-likeness (QED) is 0.570. The number of hydrogen-bond donors (Lipinski definition) is 0. The van der Waals surface area contributed by atoms with Gasteiger partial charge in [-0.05, 0) is 54.1 Å². The van der Waals surface area contributed by atoms with Crippen molar-refractivity contribution in [3.8, 4) is 5.75 Å². The van der Waals surface area contributed by atoms with E-state index in [1.807, 2.05) is 42.5 Å². The van der Waals surface area contributed by atoms with Crippen LogP contribution in [0.2, 0.25) is 5.02 Å². The van der Waals surface area contributed by atoms with E-state index in [0.29, 0.717) is 16.5 Å². The van der Waals surface area contributed by atoms with Crippen LogP contribution in [0, 0.1) is 5.92 Å². The van der Waals surface area contributed by atoms with E-state index >= 15 is 0 Å². The summed E-state index contributed by atoms with van der Waals surface area (Å²) in [6.07, 6.45) is -0.907. The highest BCUT2D eigenvalue weighted by molar-refractivity contribution is 6.30. The van der Waals surface area contributed by atoms with E-state index in [-0.39, 0.29) is 11.8 Å². The Kier molecular flexibility index (Phi) is 4.88. The Morgan fingerprint density at radius 2 is 1.48 bits per heavy atom. The molecule has 156 valence electrons. The summed E-state index contributed by atoms with van der Waals surface area (Å²) in [7, 11) is 1.56. The highest BCUT2D eigenvalue weighted by Gasteiger charge is 2.60. The number of nitrogens with zero attached hydrogens (tertiary/aromatic N) is 2. The predicted octanol–water partition coefficient (Wildman–Crippen LogP) is 4.40. The molecule has 0 aliphatic carbocycles. The minimum atomic E-state index is -0.907. The maximum atomic E-state index is 13.5. The first kappa shape index (κ1) is 19.6. The fraction of sp³-hybridized carbons (Fsp3) is 0.167. The highest BCUT2D eigenvalue weighted by atomic mass is 35.5. The number of carbonyl (C=O) groups is 2. The van der Waals surface area contributed by atoms with E-state index in [9.17, 15) is 9.59 Å². The number of carbonyl (C=O) groups excluding carboxylic acids is 2. The number of benzene rings is 3. The summed E-state index contributed by atoms with van der Waals surface area (Å²) in [6, 6.07) is 23.1. The first-order chi connectivity index (χ1) is 15.1. The molecule has 2 aliphatic heterocycles. The van der Waals surface area contributed by atoms with Gasteiger partial charge >= 0.3 is 0 Å². The fourth-order valence-electron chi connectivity index (χ4n) is 4.20. The Morgan fingerprint density at radius 3 is 2.13 bits per heavy atom. The molecule has 2 fully saturated rings. The van der Waals surface area contributed by atoms with Gasteiger partial charge in [0.25, 0.3) is 5.91 Å². The summed E-state index contributed by atoms with van der Waals surface area (Å²) in [5.41, 5.74) is 2.12. The van der Waals surface area contributed by atoms with Gasteiger partial charge in [-0.2, -0.15) is 0 Å². The van der Waals surface area contributed by atoms with Crippen molar-refractivity contribution in [3.63, 3.8) is 0 Å². The molecule has 7 heteroatoms. The third kappa shape index (κ3) is 3.24. The number of anilines is 2. The van der Waals surface area contributed by atoms with Crippen molar-refractivity contribution < 1.29 is 19.2 Å². The molecule has 6 nitrogen and oxygen atoms in total. The molecule has 0 bridgehead atoms. The lowest BCUT2D eigenvalue weighted by molar-refractivity contribution is -0.126. The zero-order chi connectivity index (χ0) is 21.5. The van der Waals surface area contributed by atoms with E-state index in [0.717, 1.165) is 11.3 Å². The van der Waals surface area contributed by atoms with Crippen molar-refractivity contribution in [1.82, 2.24) is 0 Å². The number of hydroxylamine groups is 1. The zero-order valence-electron chi connectivity index (χ0n) is 16.6. The molecule has 0 saturated carbocycles. The summed E-state index contributed by atoms with van der Waals surface area (Å²) >= 11 is 6.04. The molecule has 2 saturated heterocycles. The van der Waals surface area contributed by atoms with Crippen LogP contribution in [0.1, 0.15) is 11.6 Å². The number of fused-ring (bicyclic) bond motifs is 1. The lowest BCUT2D eigenvalue weighted by Crippen LogP contribution is -2.37. The van der Waals surface area contributed by atoms with Crippen molar-refractivity contribution in [2.75, 3.05) is 17.1 Å². The number of methoxy groups -OCH3 is 1. The normalized spacial score (nSPS) is 22.7. The highest BCUT2D eigenvalue weighted by Crippen LogP contribution is 2.47. The summed E-state index contributed by atoms with van der Waals surface area (Å²) < 4.78 is 5.18. The third-order valence-corrected chi connectivity index (χ3v) is 5.92. The van der Waals surface area contributed by atoms with Gasteiger partial charge in [-0.1, -0.05) is 41.9 Å². The average molecular weight is 435 g/mol. The summed E-state index contributed by atoms with van der Waals surface area (Å²) in [5, 5.41) is 2.25. The molecule has 2 aliphatic rings. The van der Waals surface area contributed by atoms with Crippen molar-refractivity contribution in [2.45, 2.75) is 12.1 Å². The lowest BCUT2D eigenvalue weighted by atomic mass is 9.90. The SMILES string of the molecule is COc1ccc(N2C(=O)[C@@H]3[C@H](ON(c4ccc(Cl)cc4)[C@@H]3c3ccccc3)C2=O)cc1. The second-order valence-electron chi connectivity index (χ2n) is 7.42. The molecule has 0 N–H and O–H groups in total. The van der Waals surface area contributed by atoms with E-state index in [2.05, 4.69) is 0 Å². The van der Waals surface area contributed by atoms with E-state index in [4.69, 9.17) is 21.2 Å². The first-order valence-electron chi connectivity index (χ1n) is 9.87. The van der Waals surface area contributed by atoms with Crippen molar-refractivity contribution >= 4 is 34.8 Å². The second kappa shape index (κ2) is 7.72. The summed E-state index contributed by atoms with van der Waals surface area (Å²) in [4.78, 5) is 34.1. The van der Waals surface area contributed by atoms with Crippen molar-refractivity contribution in [3.05, 3.63) is 89.4 Å². The lowest BCUT2D eigenvalue weighted by Gasteiger charge is -2.28. The smallest absolute Gasteiger partial charge is 0.266 e. The largest absolute Gasteiger partial charge is 0.497 e. The number of rotatable bonds is 4. The van der Waals surface area contributed by atoms with Gasteiger partial charge in [0.1, 0.15) is 11.7 Å². The van der Waals surface area contributed by atoms with Crippen LogP contribution in [0.25, 0.3) is 0 Å². The molecule has 3 atom stereocenters. The molecule has 5 rings (SSSR count). The van der Waals surface area contributed by atoms with Crippen molar-refractivity contribution in [2.24, 2.45) is 5.92 Å². The monoisotopic (exact) mass is 434 g/mol. The minimum Gasteiger partial charge on any atom is -0.497 e. The van der Waals surface area contributed by atoms with Gasteiger partial charge in [0.2, 0.25) is 5.91 Å². The Morgan fingerprint density at radius 1 is 0.839 bits per heavy atom. The van der Waals surface area contributed by atoms with Crippen LogP contribution in [-0.4, -0.2) is 25.0 Å². The van der Waals surface area contributed by atoms with Gasteiger partial charge in [-0.3, -0.25) is 14.4 Å². The number of hydrogen-bond acceptors (Lipinski definition) is 5. The first-order valence-corrected chi connectivity index (χ1v) is 10.2. The van der Waals surface area contributed by atoms with Crippen LogP contribution in [-0.2, 0) is 14.4 Å². The van der Waals surface area contributed by atoms with Gasteiger partial charge in [0.05, 0.1) is 24.5 Å². The standard InChI is InChI=1S/C24H19ClN2O4/c1-30-19-13-11-17(12-14-19)26-23(28)20-21(15-5-3-2-4-6-15)27(31-22(20)24(26)29)18-9-7-16(25)8-10-18/h2-14,20-22H,1H3/t20-,21+,22-/m0/s1. The van der Waals surface area contributed by atoms with Crippen LogP contribution >= 0.6 is 11.6 Å². The number of amides is 2. The molecule has 0 spiro atoms. The molecule has 0 radical (unpaired) electrons. The Balaban J connectivity index is 1.55. The maximum Gasteiger partial charge on any atom is 0.266 e. The van der Waals surface area contributed by atoms with Crippen LogP contribution in [0.5, 0.6) is 5.75 Å². The van der Waals surface area contributed by atoms with Gasteiger partial charge in [-0.15, -0.1) is 0 Å². The molecule has 3 aromatic rings. The van der Waals surface area contributed by atoms with Gasteiger partial charge < -0.3 is 4.74 Å². The molecular weight excluding hydrogens is 416 g/mol. The molecule has 0 unspecified atom stereocenters. The molecule has 3 aromatic carbocycles. The number of imide groups is 1. The molecular formula is C24H19ClN2O4. The minimum absolute atomic E-state index is 0.287. The fourth-order valence-corrected chi connectivity index (χ4v) is 4.33. The van der Waals surface area contributed by atoms with E-state index in [1.165, 1.54) is 4.90 Å². The molecule has 31 heavy (non-hydrogen) atoms. The zero-order valence-corrected chi connectivity index (χ0v) is 17.4. The van der Waals surface area contributed by atoms with Gasteiger partial charge in [0, 0.05) is 5.02 Å². The third-order valence-electron chi connectivity index (χ3n) is 5.67. The van der Waals surface area contributed by atoms with Crippen molar-refractivity contribution in [1.29, 1.82) is 0 Å².